The molecule has 0 saturated heterocycles. The van der Waals surface area contributed by atoms with Crippen LogP contribution in [0.4, 0.5) is 5.69 Å². The van der Waals surface area contributed by atoms with Gasteiger partial charge in [-0.1, -0.05) is 25.3 Å². The summed E-state index contributed by atoms with van der Waals surface area (Å²) >= 11 is 0. The van der Waals surface area contributed by atoms with Crippen LogP contribution in [0.2, 0.25) is 0 Å². The normalized spacial score (nSPS) is 18.9. The lowest BCUT2D eigenvalue weighted by Gasteiger charge is -2.20. The molecule has 2 rings (SSSR count). The van der Waals surface area contributed by atoms with Crippen LogP contribution in [-0.2, 0) is 9.59 Å². The molecule has 0 heterocycles. The monoisotopic (exact) mass is 304 g/mol. The van der Waals surface area contributed by atoms with Crippen LogP contribution in [0.5, 0.6) is 5.75 Å². The number of carbonyl (C=O) groups is 3. The quantitative estimate of drug-likeness (QED) is 0.585. The van der Waals surface area contributed by atoms with E-state index in [1.165, 1.54) is 12.1 Å². The predicted molar refractivity (Wildman–Crippen MR) is 81.8 cm³/mol. The summed E-state index contributed by atoms with van der Waals surface area (Å²) in [7, 11) is 0. The molecular formula is C16H20N2O4. The smallest absolute Gasteiger partial charge is 0.255 e. The zero-order valence-electron chi connectivity index (χ0n) is 12.3. The Kier molecular flexibility index (Phi) is 5.52. The first kappa shape index (κ1) is 16.0. The molecule has 1 aromatic carbocycles. The third-order valence-electron chi connectivity index (χ3n) is 3.86. The number of benzene rings is 1. The van der Waals surface area contributed by atoms with Gasteiger partial charge in [0.1, 0.15) is 0 Å². The Morgan fingerprint density at radius 1 is 1.23 bits per heavy atom. The molecular weight excluding hydrogens is 284 g/mol. The number of nitrogens with one attached hydrogen (secondary N) is 2. The van der Waals surface area contributed by atoms with Gasteiger partial charge in [0.15, 0.2) is 11.5 Å². The maximum atomic E-state index is 12.3. The highest BCUT2D eigenvalue weighted by molar-refractivity contribution is 6.01. The average Bonchev–Trinajstić information content (AvgIpc) is 2.49. The first-order chi connectivity index (χ1) is 10.6. The Bertz CT molecular complexity index is 571. The fraction of sp³-hybridized carbons (Fsp3) is 0.438. The van der Waals surface area contributed by atoms with E-state index < -0.39 is 11.9 Å². The summed E-state index contributed by atoms with van der Waals surface area (Å²) in [4.78, 5) is 34.8. The standard InChI is InChI=1S/C16H20N2O4/c19-10-17-13-8-5-6-11(15(13)21)16(22)18-12-7-3-1-2-4-9-14(12)20/h5-6,8,10,12,21H,1-4,7,9H2,(H,17,19)(H,18,22)/t12-/m1/s1. The average molecular weight is 304 g/mol. The first-order valence-electron chi connectivity index (χ1n) is 7.49. The minimum Gasteiger partial charge on any atom is -0.505 e. The van der Waals surface area contributed by atoms with Crippen molar-refractivity contribution >= 4 is 23.8 Å². The molecule has 2 amide bonds. The molecule has 3 N–H and O–H groups in total. The van der Waals surface area contributed by atoms with Crippen molar-refractivity contribution in [3.63, 3.8) is 0 Å². The number of amides is 2. The van der Waals surface area contributed by atoms with Crippen molar-refractivity contribution in [3.05, 3.63) is 23.8 Å². The number of phenolic OH excluding ortho intramolecular Hbond substituents is 1. The molecule has 1 atom stereocenters. The third kappa shape index (κ3) is 3.84. The zero-order chi connectivity index (χ0) is 15.9. The van der Waals surface area contributed by atoms with Crippen molar-refractivity contribution in [2.24, 2.45) is 0 Å². The Morgan fingerprint density at radius 3 is 2.77 bits per heavy atom. The van der Waals surface area contributed by atoms with Crippen molar-refractivity contribution in [3.8, 4) is 5.75 Å². The lowest BCUT2D eigenvalue weighted by molar-refractivity contribution is -0.121. The number of rotatable bonds is 4. The molecule has 22 heavy (non-hydrogen) atoms. The van der Waals surface area contributed by atoms with E-state index in [0.717, 1.165) is 25.7 Å². The maximum absolute atomic E-state index is 12.3. The molecule has 0 bridgehead atoms. The molecule has 0 aromatic heterocycles. The maximum Gasteiger partial charge on any atom is 0.255 e. The van der Waals surface area contributed by atoms with Gasteiger partial charge < -0.3 is 15.7 Å². The minimum absolute atomic E-state index is 0.0368. The number of carbonyl (C=O) groups excluding carboxylic acids is 3. The number of hydrogen-bond acceptors (Lipinski definition) is 4. The van der Waals surface area contributed by atoms with Crippen molar-refractivity contribution < 1.29 is 19.5 Å². The van der Waals surface area contributed by atoms with Crippen molar-refractivity contribution in [2.75, 3.05) is 5.32 Å². The van der Waals surface area contributed by atoms with E-state index in [-0.39, 0.29) is 22.8 Å². The van der Waals surface area contributed by atoms with Gasteiger partial charge in [-0.2, -0.15) is 0 Å². The lowest BCUT2D eigenvalue weighted by Crippen LogP contribution is -2.41. The Balaban J connectivity index is 2.12. The Morgan fingerprint density at radius 2 is 2.00 bits per heavy atom. The van der Waals surface area contributed by atoms with Crippen LogP contribution in [0.25, 0.3) is 0 Å². The van der Waals surface area contributed by atoms with Crippen molar-refractivity contribution in [2.45, 2.75) is 44.6 Å². The highest BCUT2D eigenvalue weighted by Gasteiger charge is 2.23. The topological polar surface area (TPSA) is 95.5 Å². The summed E-state index contributed by atoms with van der Waals surface area (Å²) < 4.78 is 0. The summed E-state index contributed by atoms with van der Waals surface area (Å²) in [5.41, 5.74) is 0.202. The molecule has 1 aliphatic rings. The molecule has 0 radical (unpaired) electrons. The van der Waals surface area contributed by atoms with E-state index in [0.29, 0.717) is 19.3 Å². The molecule has 6 nitrogen and oxygen atoms in total. The van der Waals surface area contributed by atoms with Crippen LogP contribution in [-0.4, -0.2) is 29.2 Å². The number of Topliss-reactive ketones (excluding diaryl/α,β-unsaturated/α-hetero) is 1. The van der Waals surface area contributed by atoms with Crippen LogP contribution in [0, 0.1) is 0 Å². The van der Waals surface area contributed by atoms with Crippen LogP contribution in [0.1, 0.15) is 48.9 Å². The largest absolute Gasteiger partial charge is 0.505 e. The second-order valence-corrected chi connectivity index (χ2v) is 5.41. The van der Waals surface area contributed by atoms with E-state index in [1.54, 1.807) is 6.07 Å². The van der Waals surface area contributed by atoms with E-state index in [1.807, 2.05) is 0 Å². The van der Waals surface area contributed by atoms with Gasteiger partial charge in [0.2, 0.25) is 6.41 Å². The van der Waals surface area contributed by atoms with E-state index in [9.17, 15) is 19.5 Å². The zero-order valence-corrected chi connectivity index (χ0v) is 12.3. The minimum atomic E-state index is -0.508. The van der Waals surface area contributed by atoms with Crippen LogP contribution in [0.3, 0.4) is 0 Å². The summed E-state index contributed by atoms with van der Waals surface area (Å²) in [5, 5.41) is 15.0. The summed E-state index contributed by atoms with van der Waals surface area (Å²) in [5.74, 6) is -0.772. The van der Waals surface area contributed by atoms with Crippen LogP contribution in [0.15, 0.2) is 18.2 Å². The van der Waals surface area contributed by atoms with E-state index in [2.05, 4.69) is 10.6 Å². The van der Waals surface area contributed by atoms with Gasteiger partial charge in [-0.15, -0.1) is 0 Å². The highest BCUT2D eigenvalue weighted by Crippen LogP contribution is 2.27. The van der Waals surface area contributed by atoms with Gasteiger partial charge in [-0.3, -0.25) is 14.4 Å². The molecule has 0 unspecified atom stereocenters. The molecule has 0 aliphatic heterocycles. The molecule has 118 valence electrons. The van der Waals surface area contributed by atoms with Crippen molar-refractivity contribution in [1.82, 2.24) is 5.32 Å². The SMILES string of the molecule is O=CNc1cccc(C(=O)N[C@@H]2CCCCCCC2=O)c1O. The van der Waals surface area contributed by atoms with Gasteiger partial charge >= 0.3 is 0 Å². The molecule has 0 spiro atoms. The number of ketones is 1. The number of phenols is 1. The predicted octanol–water partition coefficient (Wildman–Crippen LogP) is 1.98. The molecule has 1 fully saturated rings. The van der Waals surface area contributed by atoms with Gasteiger partial charge in [-0.25, -0.2) is 0 Å². The van der Waals surface area contributed by atoms with E-state index >= 15 is 0 Å². The number of para-hydroxylation sites is 1. The van der Waals surface area contributed by atoms with Gasteiger partial charge in [0, 0.05) is 6.42 Å². The van der Waals surface area contributed by atoms with Crippen LogP contribution < -0.4 is 10.6 Å². The molecule has 1 saturated carbocycles. The van der Waals surface area contributed by atoms with E-state index in [4.69, 9.17) is 0 Å². The molecule has 1 aliphatic carbocycles. The van der Waals surface area contributed by atoms with Crippen molar-refractivity contribution in [1.29, 1.82) is 0 Å². The van der Waals surface area contributed by atoms with Gasteiger partial charge in [-0.05, 0) is 25.0 Å². The third-order valence-corrected chi connectivity index (χ3v) is 3.86. The van der Waals surface area contributed by atoms with Gasteiger partial charge in [0.05, 0.1) is 17.3 Å². The van der Waals surface area contributed by atoms with Gasteiger partial charge in [0.25, 0.3) is 5.91 Å². The second-order valence-electron chi connectivity index (χ2n) is 5.41. The Labute approximate surface area is 128 Å². The summed E-state index contributed by atoms with van der Waals surface area (Å²) in [6, 6.07) is 3.99. The number of hydrogen-bond donors (Lipinski definition) is 3. The summed E-state index contributed by atoms with van der Waals surface area (Å²) in [6.45, 7) is 0. The number of anilines is 1. The summed E-state index contributed by atoms with van der Waals surface area (Å²) in [6.07, 6.45) is 5.39. The fourth-order valence-electron chi connectivity index (χ4n) is 2.63. The number of aromatic hydroxyl groups is 1. The lowest BCUT2D eigenvalue weighted by atomic mass is 9.95. The van der Waals surface area contributed by atoms with Crippen LogP contribution >= 0.6 is 0 Å². The second kappa shape index (κ2) is 7.59. The molecule has 1 aromatic rings. The molecule has 6 heteroatoms. The fourth-order valence-corrected chi connectivity index (χ4v) is 2.63. The highest BCUT2D eigenvalue weighted by atomic mass is 16.3. The first-order valence-corrected chi connectivity index (χ1v) is 7.49. The Hall–Kier alpha value is -2.37.